The van der Waals surface area contributed by atoms with Crippen LogP contribution in [0, 0.1) is 0 Å². The van der Waals surface area contributed by atoms with Crippen LogP contribution in [0.5, 0.6) is 0 Å². The van der Waals surface area contributed by atoms with E-state index in [0.717, 1.165) is 5.30 Å². The monoisotopic (exact) mass is 268 g/mol. The molecule has 0 aliphatic carbocycles. The summed E-state index contributed by atoms with van der Waals surface area (Å²) in [5, 5.41) is 1.24. The molecule has 1 rings (SSSR count). The summed E-state index contributed by atoms with van der Waals surface area (Å²) >= 11 is 0. The van der Waals surface area contributed by atoms with Crippen molar-refractivity contribution in [3.05, 3.63) is 24.3 Å². The first-order valence-electron chi connectivity index (χ1n) is 4.53. The number of rotatable bonds is 2. The molecule has 0 saturated heterocycles. The van der Waals surface area contributed by atoms with Crippen LogP contribution in [-0.4, -0.2) is 18.1 Å². The van der Waals surface area contributed by atoms with Gasteiger partial charge in [-0.1, -0.05) is 41.5 Å². The average Bonchev–Trinajstić information content (AvgIpc) is 2.00. The summed E-state index contributed by atoms with van der Waals surface area (Å²) in [5.74, 6) is 0. The molecule has 0 bridgehead atoms. The summed E-state index contributed by atoms with van der Waals surface area (Å²) in [6.45, 7) is 6.34. The van der Waals surface area contributed by atoms with E-state index in [1.807, 2.05) is 0 Å². The van der Waals surface area contributed by atoms with Gasteiger partial charge in [-0.3, -0.25) is 0 Å². The van der Waals surface area contributed by atoms with Gasteiger partial charge in [-0.15, -0.1) is 0 Å². The second-order valence-corrected chi connectivity index (χ2v) is 8.06. The van der Waals surface area contributed by atoms with Crippen molar-refractivity contribution in [2.45, 2.75) is 30.8 Å². The minimum Gasteiger partial charge on any atom is -0.744 e. The third-order valence-electron chi connectivity index (χ3n) is 1.66. The molecule has 1 unspecified atom stereocenters. The van der Waals surface area contributed by atoms with Crippen molar-refractivity contribution in [3.63, 3.8) is 0 Å². The minimum atomic E-state index is -4.31. The van der Waals surface area contributed by atoms with Crippen LogP contribution in [0.1, 0.15) is 20.8 Å². The van der Waals surface area contributed by atoms with Gasteiger partial charge in [0.15, 0.2) is 0 Å². The molecule has 6 heteroatoms. The average molecular weight is 268 g/mol. The summed E-state index contributed by atoms with van der Waals surface area (Å²) in [7, 11) is -3.71. The Balaban J connectivity index is 0.00000225. The minimum absolute atomic E-state index is 0. The quantitative estimate of drug-likeness (QED) is 0.380. The predicted octanol–water partition coefficient (Wildman–Crippen LogP) is -1.30. The Morgan fingerprint density at radius 2 is 1.56 bits per heavy atom. The molecule has 0 aliphatic heterocycles. The Morgan fingerprint density at radius 1 is 1.12 bits per heavy atom. The van der Waals surface area contributed by atoms with E-state index in [0.29, 0.717) is 8.58 Å². The van der Waals surface area contributed by atoms with Crippen LogP contribution in [0.2, 0.25) is 0 Å². The third kappa shape index (κ3) is 5.76. The Hall–Kier alpha value is 0.560. The van der Waals surface area contributed by atoms with Crippen molar-refractivity contribution in [2.75, 3.05) is 0 Å². The van der Waals surface area contributed by atoms with E-state index >= 15 is 0 Å². The van der Waals surface area contributed by atoms with Crippen LogP contribution in [-0.2, 0) is 10.1 Å². The maximum atomic E-state index is 10.7. The maximum absolute atomic E-state index is 10.7. The second kappa shape index (κ2) is 5.94. The van der Waals surface area contributed by atoms with E-state index in [4.69, 9.17) is 0 Å². The molecule has 0 saturated carbocycles. The summed E-state index contributed by atoms with van der Waals surface area (Å²) < 4.78 is 32.0. The zero-order valence-electron chi connectivity index (χ0n) is 9.94. The molecule has 0 amide bonds. The van der Waals surface area contributed by atoms with Gasteiger partial charge in [-0.2, -0.15) is 0 Å². The molecule has 0 N–H and O–H groups in total. The van der Waals surface area contributed by atoms with Crippen LogP contribution >= 0.6 is 8.58 Å². The molecule has 1 aromatic carbocycles. The summed E-state index contributed by atoms with van der Waals surface area (Å²) in [6, 6.07) is 6.15. The van der Waals surface area contributed by atoms with Crippen LogP contribution in [0.15, 0.2) is 29.2 Å². The molecule has 0 aliphatic rings. The molecule has 1 atom stereocenters. The molecule has 0 fully saturated rings. The van der Waals surface area contributed by atoms with Gasteiger partial charge in [0, 0.05) is 0 Å². The molecule has 0 radical (unpaired) electrons. The van der Waals surface area contributed by atoms with Crippen LogP contribution in [0.4, 0.5) is 0 Å². The zero-order valence-corrected chi connectivity index (χ0v) is 13.8. The van der Waals surface area contributed by atoms with Crippen molar-refractivity contribution < 1.29 is 42.5 Å². The van der Waals surface area contributed by atoms with E-state index < -0.39 is 10.1 Å². The standard InChI is InChI=1S/C10H15O3PS.Na/c1-10(2,3)14-8-4-6-9(7-5-8)15(11,12)13;/h4-7,14H,1-3H3,(H,11,12,13);/q;+1/p-1. The molecule has 84 valence electrons. The molecule has 3 nitrogen and oxygen atoms in total. The second-order valence-electron chi connectivity index (χ2n) is 4.35. The topological polar surface area (TPSA) is 57.2 Å². The smallest absolute Gasteiger partial charge is 0.744 e. The van der Waals surface area contributed by atoms with Crippen LogP contribution in [0.25, 0.3) is 0 Å². The first-order chi connectivity index (χ1) is 6.68. The predicted molar refractivity (Wildman–Crippen MR) is 62.1 cm³/mol. The molecular formula is C10H14NaO3PS. The zero-order chi connectivity index (χ0) is 11.7. The molecule has 16 heavy (non-hydrogen) atoms. The van der Waals surface area contributed by atoms with Gasteiger partial charge in [0.1, 0.15) is 10.1 Å². The number of hydrogen-bond acceptors (Lipinski definition) is 3. The van der Waals surface area contributed by atoms with E-state index in [2.05, 4.69) is 20.8 Å². The van der Waals surface area contributed by atoms with Gasteiger partial charge < -0.3 is 4.55 Å². The van der Waals surface area contributed by atoms with Gasteiger partial charge in [0.2, 0.25) is 0 Å². The van der Waals surface area contributed by atoms with Gasteiger partial charge >= 0.3 is 29.6 Å². The summed E-state index contributed by atoms with van der Waals surface area (Å²) in [4.78, 5) is -0.162. The Labute approximate surface area is 121 Å². The van der Waals surface area contributed by atoms with Crippen molar-refractivity contribution in [1.29, 1.82) is 0 Å². The number of benzene rings is 1. The summed E-state index contributed by atoms with van der Waals surface area (Å²) in [6.07, 6.45) is 0. The van der Waals surface area contributed by atoms with Gasteiger partial charge in [-0.25, -0.2) is 8.42 Å². The van der Waals surface area contributed by atoms with Crippen molar-refractivity contribution in [3.8, 4) is 0 Å². The third-order valence-corrected chi connectivity index (χ3v) is 3.88. The first-order valence-corrected chi connectivity index (χ1v) is 6.93. The Morgan fingerprint density at radius 3 is 1.88 bits per heavy atom. The largest absolute Gasteiger partial charge is 1.00 e. The van der Waals surface area contributed by atoms with E-state index in [9.17, 15) is 13.0 Å². The molecular weight excluding hydrogens is 254 g/mol. The summed E-state index contributed by atoms with van der Waals surface area (Å²) in [5.41, 5.74) is 0. The van der Waals surface area contributed by atoms with Gasteiger partial charge in [0.05, 0.1) is 4.90 Å². The fourth-order valence-electron chi connectivity index (χ4n) is 1.14. The van der Waals surface area contributed by atoms with Crippen molar-refractivity contribution >= 4 is 24.0 Å². The normalized spacial score (nSPS) is 12.8. The molecule has 1 aromatic rings. The molecule has 0 aromatic heterocycles. The Bertz CT molecular complexity index is 434. The van der Waals surface area contributed by atoms with Crippen LogP contribution < -0.4 is 34.9 Å². The number of hydrogen-bond donors (Lipinski definition) is 0. The SMILES string of the molecule is CC(C)(C)Pc1ccc(S(=O)(=O)[O-])cc1.[Na+]. The fourth-order valence-corrected chi connectivity index (χ4v) is 2.81. The Kier molecular flexibility index (Phi) is 6.15. The fraction of sp³-hybridized carbons (Fsp3) is 0.400. The van der Waals surface area contributed by atoms with E-state index in [1.165, 1.54) is 12.1 Å². The molecule has 0 heterocycles. The first kappa shape index (κ1) is 16.6. The van der Waals surface area contributed by atoms with Crippen LogP contribution in [0.3, 0.4) is 0 Å². The van der Waals surface area contributed by atoms with E-state index in [1.54, 1.807) is 12.1 Å². The van der Waals surface area contributed by atoms with Crippen molar-refractivity contribution in [2.24, 2.45) is 0 Å². The van der Waals surface area contributed by atoms with Crippen molar-refractivity contribution in [1.82, 2.24) is 0 Å². The van der Waals surface area contributed by atoms with Gasteiger partial charge in [0.25, 0.3) is 0 Å². The maximum Gasteiger partial charge on any atom is 1.00 e. The van der Waals surface area contributed by atoms with E-state index in [-0.39, 0.29) is 39.6 Å². The molecule has 0 spiro atoms. The van der Waals surface area contributed by atoms with Gasteiger partial charge in [-0.05, 0) is 22.6 Å².